The van der Waals surface area contributed by atoms with Gasteiger partial charge in [0.15, 0.2) is 0 Å². The molecule has 1 heterocycles. The van der Waals surface area contributed by atoms with Crippen LogP contribution in [0.2, 0.25) is 0 Å². The first-order chi connectivity index (χ1) is 7.93. The normalized spacial score (nSPS) is 19.0. The van der Waals surface area contributed by atoms with E-state index in [1.54, 1.807) is 0 Å². The van der Waals surface area contributed by atoms with E-state index >= 15 is 0 Å². The SMILES string of the molecule is c1cc2c(c(CCNC3CC3)c1)OCCC2. The maximum atomic E-state index is 5.80. The summed E-state index contributed by atoms with van der Waals surface area (Å²) in [6, 6.07) is 7.38. The number of benzene rings is 1. The van der Waals surface area contributed by atoms with Crippen molar-refractivity contribution < 1.29 is 4.74 Å². The highest BCUT2D eigenvalue weighted by Gasteiger charge is 2.20. The second-order valence-electron chi connectivity index (χ2n) is 4.84. The van der Waals surface area contributed by atoms with E-state index in [2.05, 4.69) is 23.5 Å². The molecule has 1 aliphatic carbocycles. The average molecular weight is 217 g/mol. The van der Waals surface area contributed by atoms with Crippen LogP contribution in [0.4, 0.5) is 0 Å². The quantitative estimate of drug-likeness (QED) is 0.835. The van der Waals surface area contributed by atoms with E-state index in [1.165, 1.54) is 36.1 Å². The number of nitrogens with one attached hydrogen (secondary N) is 1. The lowest BCUT2D eigenvalue weighted by atomic mass is 10.0. The van der Waals surface area contributed by atoms with E-state index in [4.69, 9.17) is 4.74 Å². The number of aryl methyl sites for hydroxylation is 1. The molecule has 0 bridgehead atoms. The molecule has 0 radical (unpaired) electrons. The zero-order valence-electron chi connectivity index (χ0n) is 9.67. The van der Waals surface area contributed by atoms with Gasteiger partial charge in [-0.15, -0.1) is 0 Å². The molecule has 3 rings (SSSR count). The van der Waals surface area contributed by atoms with E-state index in [9.17, 15) is 0 Å². The molecule has 0 amide bonds. The lowest BCUT2D eigenvalue weighted by Crippen LogP contribution is -2.20. The van der Waals surface area contributed by atoms with Gasteiger partial charge in [0.25, 0.3) is 0 Å². The van der Waals surface area contributed by atoms with Crippen LogP contribution in [0.15, 0.2) is 18.2 Å². The van der Waals surface area contributed by atoms with Crippen LogP contribution in [0.1, 0.15) is 30.4 Å². The van der Waals surface area contributed by atoms with Crippen LogP contribution in [0.5, 0.6) is 5.75 Å². The minimum Gasteiger partial charge on any atom is -0.493 e. The largest absolute Gasteiger partial charge is 0.493 e. The van der Waals surface area contributed by atoms with E-state index in [1.807, 2.05) is 0 Å². The van der Waals surface area contributed by atoms with Gasteiger partial charge in [0.1, 0.15) is 5.75 Å². The molecule has 0 unspecified atom stereocenters. The summed E-state index contributed by atoms with van der Waals surface area (Å²) in [7, 11) is 0. The summed E-state index contributed by atoms with van der Waals surface area (Å²) in [6.45, 7) is 1.98. The Morgan fingerprint density at radius 2 is 2.25 bits per heavy atom. The summed E-state index contributed by atoms with van der Waals surface area (Å²) in [5, 5.41) is 3.56. The zero-order valence-corrected chi connectivity index (χ0v) is 9.67. The predicted molar refractivity (Wildman–Crippen MR) is 65.0 cm³/mol. The van der Waals surface area contributed by atoms with Crippen LogP contribution in [0.3, 0.4) is 0 Å². The van der Waals surface area contributed by atoms with Crippen LogP contribution >= 0.6 is 0 Å². The van der Waals surface area contributed by atoms with Crippen molar-refractivity contribution >= 4 is 0 Å². The fourth-order valence-electron chi connectivity index (χ4n) is 2.35. The fraction of sp³-hybridized carbons (Fsp3) is 0.571. The number of ether oxygens (including phenoxy) is 1. The zero-order chi connectivity index (χ0) is 10.8. The van der Waals surface area contributed by atoms with Gasteiger partial charge in [0.05, 0.1) is 6.61 Å². The van der Waals surface area contributed by atoms with Gasteiger partial charge in [0, 0.05) is 6.04 Å². The van der Waals surface area contributed by atoms with Crippen molar-refractivity contribution in [1.82, 2.24) is 5.32 Å². The Morgan fingerprint density at radius 1 is 1.31 bits per heavy atom. The Labute approximate surface area is 97.0 Å². The van der Waals surface area contributed by atoms with Gasteiger partial charge < -0.3 is 10.1 Å². The molecule has 2 heteroatoms. The molecule has 1 aliphatic heterocycles. The van der Waals surface area contributed by atoms with Crippen molar-refractivity contribution in [2.24, 2.45) is 0 Å². The highest BCUT2D eigenvalue weighted by Crippen LogP contribution is 2.29. The van der Waals surface area contributed by atoms with Crippen LogP contribution in [0.25, 0.3) is 0 Å². The van der Waals surface area contributed by atoms with Crippen molar-refractivity contribution in [3.05, 3.63) is 29.3 Å². The third kappa shape index (κ3) is 2.22. The lowest BCUT2D eigenvalue weighted by molar-refractivity contribution is 0.285. The van der Waals surface area contributed by atoms with E-state index in [0.717, 1.165) is 32.0 Å². The molecular formula is C14H19NO. The summed E-state index contributed by atoms with van der Waals surface area (Å²) < 4.78 is 5.80. The van der Waals surface area contributed by atoms with Gasteiger partial charge in [-0.2, -0.15) is 0 Å². The molecule has 16 heavy (non-hydrogen) atoms. The van der Waals surface area contributed by atoms with Crippen molar-refractivity contribution in [2.45, 2.75) is 38.1 Å². The Balaban J connectivity index is 1.67. The monoisotopic (exact) mass is 217 g/mol. The van der Waals surface area contributed by atoms with Gasteiger partial charge in [-0.25, -0.2) is 0 Å². The maximum Gasteiger partial charge on any atom is 0.125 e. The topological polar surface area (TPSA) is 21.3 Å². The number of fused-ring (bicyclic) bond motifs is 1. The van der Waals surface area contributed by atoms with Gasteiger partial charge in [-0.1, -0.05) is 18.2 Å². The summed E-state index contributed by atoms with van der Waals surface area (Å²) in [5.41, 5.74) is 2.78. The van der Waals surface area contributed by atoms with Crippen LogP contribution in [0, 0.1) is 0 Å². The maximum absolute atomic E-state index is 5.80. The smallest absolute Gasteiger partial charge is 0.125 e. The molecule has 1 saturated carbocycles. The minimum absolute atomic E-state index is 0.806. The summed E-state index contributed by atoms with van der Waals surface area (Å²) in [6.07, 6.45) is 6.17. The summed E-state index contributed by atoms with van der Waals surface area (Å²) in [5.74, 6) is 1.17. The number of hydrogen-bond donors (Lipinski definition) is 1. The highest BCUT2D eigenvalue weighted by molar-refractivity contribution is 5.42. The number of rotatable bonds is 4. The molecule has 1 N–H and O–H groups in total. The Hall–Kier alpha value is -1.02. The van der Waals surface area contributed by atoms with Crippen molar-refractivity contribution in [2.75, 3.05) is 13.2 Å². The fourth-order valence-corrected chi connectivity index (χ4v) is 2.35. The summed E-state index contributed by atoms with van der Waals surface area (Å²) >= 11 is 0. The average Bonchev–Trinajstić information content (AvgIpc) is 3.13. The number of para-hydroxylation sites is 1. The first-order valence-electron chi connectivity index (χ1n) is 6.40. The molecule has 1 aromatic carbocycles. The standard InChI is InChI=1S/C14H19NO/c1-3-11-5-2-10-16-14(11)12(4-1)8-9-15-13-6-7-13/h1,3-4,13,15H,2,5-10H2. The van der Waals surface area contributed by atoms with E-state index in [0.29, 0.717) is 0 Å². The molecular weight excluding hydrogens is 198 g/mol. The molecule has 0 atom stereocenters. The third-order valence-corrected chi connectivity index (χ3v) is 3.42. The highest BCUT2D eigenvalue weighted by atomic mass is 16.5. The molecule has 86 valence electrons. The molecule has 0 aromatic heterocycles. The van der Waals surface area contributed by atoms with Gasteiger partial charge in [0.2, 0.25) is 0 Å². The molecule has 0 spiro atoms. The van der Waals surface area contributed by atoms with Crippen LogP contribution in [-0.4, -0.2) is 19.2 Å². The van der Waals surface area contributed by atoms with Crippen molar-refractivity contribution in [3.63, 3.8) is 0 Å². The Kier molecular flexibility index (Phi) is 2.83. The lowest BCUT2D eigenvalue weighted by Gasteiger charge is -2.20. The van der Waals surface area contributed by atoms with E-state index < -0.39 is 0 Å². The minimum atomic E-state index is 0.806. The van der Waals surface area contributed by atoms with Crippen LogP contribution < -0.4 is 10.1 Å². The molecule has 0 saturated heterocycles. The first-order valence-corrected chi connectivity index (χ1v) is 6.40. The number of hydrogen-bond acceptors (Lipinski definition) is 2. The molecule has 2 nitrogen and oxygen atoms in total. The second kappa shape index (κ2) is 4.46. The van der Waals surface area contributed by atoms with E-state index in [-0.39, 0.29) is 0 Å². The van der Waals surface area contributed by atoms with Crippen LogP contribution in [-0.2, 0) is 12.8 Å². The second-order valence-corrected chi connectivity index (χ2v) is 4.84. The Bertz CT molecular complexity index is 371. The predicted octanol–water partition coefficient (Wildman–Crippen LogP) is 2.31. The molecule has 2 aliphatic rings. The first kappa shape index (κ1) is 10.2. The van der Waals surface area contributed by atoms with Gasteiger partial charge in [-0.3, -0.25) is 0 Å². The van der Waals surface area contributed by atoms with Crippen molar-refractivity contribution in [1.29, 1.82) is 0 Å². The molecule has 1 fully saturated rings. The third-order valence-electron chi connectivity index (χ3n) is 3.42. The summed E-state index contributed by atoms with van der Waals surface area (Å²) in [4.78, 5) is 0. The van der Waals surface area contributed by atoms with Gasteiger partial charge >= 0.3 is 0 Å². The Morgan fingerprint density at radius 3 is 3.12 bits per heavy atom. The van der Waals surface area contributed by atoms with Gasteiger partial charge in [-0.05, 0) is 49.8 Å². The van der Waals surface area contributed by atoms with Crippen molar-refractivity contribution in [3.8, 4) is 5.75 Å². The molecule has 1 aromatic rings.